The molecule has 0 unspecified atom stereocenters. The Labute approximate surface area is 75.9 Å². The maximum atomic E-state index is 13.1. The van der Waals surface area contributed by atoms with Crippen LogP contribution in [0.2, 0.25) is 0 Å². The maximum Gasteiger partial charge on any atom is 0.130 e. The Bertz CT molecular complexity index is 310. The Kier molecular flexibility index (Phi) is 3.14. The van der Waals surface area contributed by atoms with Crippen molar-refractivity contribution in [3.8, 4) is 0 Å². The highest BCUT2D eigenvalue weighted by molar-refractivity contribution is 5.22. The van der Waals surface area contributed by atoms with E-state index in [9.17, 15) is 8.78 Å². The van der Waals surface area contributed by atoms with Gasteiger partial charge in [-0.05, 0) is 12.5 Å². The van der Waals surface area contributed by atoms with E-state index in [1.807, 2.05) is 0 Å². The first-order valence-electron chi connectivity index (χ1n) is 3.96. The van der Waals surface area contributed by atoms with Crippen molar-refractivity contribution in [1.29, 1.82) is 0 Å². The Balaban J connectivity index is 2.94. The van der Waals surface area contributed by atoms with Crippen LogP contribution in [0.15, 0.2) is 30.9 Å². The molecule has 0 spiro atoms. The third kappa shape index (κ3) is 2.36. The number of halogens is 2. The lowest BCUT2D eigenvalue weighted by atomic mass is 10.0. The van der Waals surface area contributed by atoms with Crippen LogP contribution in [0, 0.1) is 11.6 Å². The number of hydrogen-bond donors (Lipinski definition) is 1. The molecule has 1 aromatic carbocycles. The molecule has 0 saturated heterocycles. The summed E-state index contributed by atoms with van der Waals surface area (Å²) in [6, 6.07) is 2.94. The smallest absolute Gasteiger partial charge is 0.130 e. The lowest BCUT2D eigenvalue weighted by Gasteiger charge is -2.09. The van der Waals surface area contributed by atoms with Crippen LogP contribution in [-0.2, 0) is 0 Å². The molecule has 0 amide bonds. The molecule has 0 bridgehead atoms. The molecule has 0 heterocycles. The summed E-state index contributed by atoms with van der Waals surface area (Å²) < 4.78 is 25.6. The molecular formula is C10H11F2N. The molecule has 1 atom stereocenters. The second-order valence-corrected chi connectivity index (χ2v) is 2.80. The first-order chi connectivity index (χ1) is 6.15. The molecule has 1 rings (SSSR count). The molecular weight excluding hydrogens is 172 g/mol. The number of rotatable bonds is 3. The van der Waals surface area contributed by atoms with Gasteiger partial charge >= 0.3 is 0 Å². The highest BCUT2D eigenvalue weighted by atomic mass is 19.1. The summed E-state index contributed by atoms with van der Waals surface area (Å²) >= 11 is 0. The summed E-state index contributed by atoms with van der Waals surface area (Å²) in [5.41, 5.74) is 5.94. The van der Waals surface area contributed by atoms with E-state index in [1.165, 1.54) is 12.1 Å². The molecule has 0 aliphatic rings. The van der Waals surface area contributed by atoms with Crippen molar-refractivity contribution in [3.63, 3.8) is 0 Å². The molecule has 0 aromatic heterocycles. The van der Waals surface area contributed by atoms with Crippen molar-refractivity contribution >= 4 is 0 Å². The van der Waals surface area contributed by atoms with Crippen LogP contribution in [-0.4, -0.2) is 0 Å². The summed E-state index contributed by atoms with van der Waals surface area (Å²) in [6.07, 6.45) is 2.08. The predicted octanol–water partition coefficient (Wildman–Crippen LogP) is 2.54. The van der Waals surface area contributed by atoms with Crippen LogP contribution < -0.4 is 5.73 Å². The van der Waals surface area contributed by atoms with Gasteiger partial charge in [-0.15, -0.1) is 6.58 Å². The number of benzene rings is 1. The van der Waals surface area contributed by atoms with Crippen molar-refractivity contribution in [2.75, 3.05) is 0 Å². The third-order valence-corrected chi connectivity index (χ3v) is 1.78. The molecule has 13 heavy (non-hydrogen) atoms. The van der Waals surface area contributed by atoms with Crippen molar-refractivity contribution in [1.82, 2.24) is 0 Å². The van der Waals surface area contributed by atoms with Gasteiger partial charge in [0.25, 0.3) is 0 Å². The van der Waals surface area contributed by atoms with Crippen LogP contribution in [0.4, 0.5) is 8.78 Å². The molecule has 1 nitrogen and oxygen atoms in total. The van der Waals surface area contributed by atoms with Crippen LogP contribution >= 0.6 is 0 Å². The number of hydrogen-bond acceptors (Lipinski definition) is 1. The van der Waals surface area contributed by atoms with E-state index in [0.717, 1.165) is 6.07 Å². The van der Waals surface area contributed by atoms with Crippen molar-refractivity contribution < 1.29 is 8.78 Å². The van der Waals surface area contributed by atoms with Crippen molar-refractivity contribution in [2.24, 2.45) is 5.73 Å². The van der Waals surface area contributed by atoms with Crippen LogP contribution in [0.1, 0.15) is 18.0 Å². The summed E-state index contributed by atoms with van der Waals surface area (Å²) in [6.45, 7) is 3.50. The standard InChI is InChI=1S/C10H11F2N/c1-2-3-10(13)8-5-4-7(11)6-9(8)12/h2,4-6,10H,1,3,13H2/t10-/m0/s1. The predicted molar refractivity (Wildman–Crippen MR) is 48.1 cm³/mol. The highest BCUT2D eigenvalue weighted by Gasteiger charge is 2.10. The Morgan fingerprint density at radius 2 is 2.15 bits per heavy atom. The van der Waals surface area contributed by atoms with Gasteiger partial charge in [-0.1, -0.05) is 12.1 Å². The molecule has 0 saturated carbocycles. The SMILES string of the molecule is C=CC[C@H](N)c1ccc(F)cc1F. The lowest BCUT2D eigenvalue weighted by molar-refractivity contribution is 0.556. The Morgan fingerprint density at radius 3 is 2.69 bits per heavy atom. The Morgan fingerprint density at radius 1 is 1.46 bits per heavy atom. The van der Waals surface area contributed by atoms with Gasteiger partial charge in [0.1, 0.15) is 11.6 Å². The average molecular weight is 183 g/mol. The van der Waals surface area contributed by atoms with E-state index >= 15 is 0 Å². The van der Waals surface area contributed by atoms with Crippen LogP contribution in [0.3, 0.4) is 0 Å². The summed E-state index contributed by atoms with van der Waals surface area (Å²) in [5, 5.41) is 0. The van der Waals surface area contributed by atoms with Gasteiger partial charge in [0.2, 0.25) is 0 Å². The van der Waals surface area contributed by atoms with Crippen LogP contribution in [0.25, 0.3) is 0 Å². The van der Waals surface area contributed by atoms with Gasteiger partial charge < -0.3 is 5.73 Å². The van der Waals surface area contributed by atoms with Gasteiger partial charge in [0, 0.05) is 17.7 Å². The van der Waals surface area contributed by atoms with E-state index in [1.54, 1.807) is 6.08 Å². The highest BCUT2D eigenvalue weighted by Crippen LogP contribution is 2.18. The van der Waals surface area contributed by atoms with Crippen molar-refractivity contribution in [2.45, 2.75) is 12.5 Å². The normalized spacial score (nSPS) is 12.5. The van der Waals surface area contributed by atoms with E-state index in [4.69, 9.17) is 5.73 Å². The average Bonchev–Trinajstić information content (AvgIpc) is 2.04. The van der Waals surface area contributed by atoms with Gasteiger partial charge in [-0.2, -0.15) is 0 Å². The van der Waals surface area contributed by atoms with Gasteiger partial charge in [-0.25, -0.2) is 8.78 Å². The second-order valence-electron chi connectivity index (χ2n) is 2.80. The summed E-state index contributed by atoms with van der Waals surface area (Å²) in [7, 11) is 0. The zero-order valence-electron chi connectivity index (χ0n) is 7.13. The zero-order valence-corrected chi connectivity index (χ0v) is 7.13. The quantitative estimate of drug-likeness (QED) is 0.716. The fourth-order valence-corrected chi connectivity index (χ4v) is 1.11. The van der Waals surface area contributed by atoms with Gasteiger partial charge in [0.05, 0.1) is 0 Å². The van der Waals surface area contributed by atoms with E-state index in [0.29, 0.717) is 12.0 Å². The molecule has 70 valence electrons. The van der Waals surface area contributed by atoms with E-state index in [-0.39, 0.29) is 0 Å². The molecule has 1 aromatic rings. The lowest BCUT2D eigenvalue weighted by Crippen LogP contribution is -2.11. The molecule has 0 aliphatic heterocycles. The first kappa shape index (κ1) is 9.86. The number of nitrogens with two attached hydrogens (primary N) is 1. The molecule has 0 aliphatic carbocycles. The summed E-state index contributed by atoms with van der Waals surface area (Å²) in [4.78, 5) is 0. The molecule has 3 heteroatoms. The molecule has 2 N–H and O–H groups in total. The minimum absolute atomic E-state index is 0.321. The van der Waals surface area contributed by atoms with Crippen molar-refractivity contribution in [3.05, 3.63) is 48.1 Å². The summed E-state index contributed by atoms with van der Waals surface area (Å²) in [5.74, 6) is -1.19. The zero-order chi connectivity index (χ0) is 9.84. The fourth-order valence-electron chi connectivity index (χ4n) is 1.11. The third-order valence-electron chi connectivity index (χ3n) is 1.78. The Hall–Kier alpha value is -1.22. The monoisotopic (exact) mass is 183 g/mol. The topological polar surface area (TPSA) is 26.0 Å². The van der Waals surface area contributed by atoms with Gasteiger partial charge in [0.15, 0.2) is 0 Å². The van der Waals surface area contributed by atoms with E-state index in [2.05, 4.69) is 6.58 Å². The minimum Gasteiger partial charge on any atom is -0.324 e. The fraction of sp³-hybridized carbons (Fsp3) is 0.200. The van der Waals surface area contributed by atoms with Crippen LogP contribution in [0.5, 0.6) is 0 Å². The molecule has 0 fully saturated rings. The second kappa shape index (κ2) is 4.14. The maximum absolute atomic E-state index is 13.1. The minimum atomic E-state index is -0.602. The van der Waals surface area contributed by atoms with Gasteiger partial charge in [-0.3, -0.25) is 0 Å². The molecule has 0 radical (unpaired) electrons. The largest absolute Gasteiger partial charge is 0.324 e. The van der Waals surface area contributed by atoms with E-state index < -0.39 is 17.7 Å². The first-order valence-corrected chi connectivity index (χ1v) is 3.96.